The van der Waals surface area contributed by atoms with E-state index in [-0.39, 0.29) is 6.10 Å². The summed E-state index contributed by atoms with van der Waals surface area (Å²) in [6.45, 7) is 7.02. The molecule has 34 heavy (non-hydrogen) atoms. The fourth-order valence-electron chi connectivity index (χ4n) is 3.74. The van der Waals surface area contributed by atoms with Crippen molar-refractivity contribution >= 4 is 45.2 Å². The van der Waals surface area contributed by atoms with Crippen LogP contribution in [0.2, 0.25) is 0 Å². The maximum Gasteiger partial charge on any atom is 0.252 e. The van der Waals surface area contributed by atoms with Gasteiger partial charge in [-0.15, -0.1) is 5.10 Å². The lowest BCUT2D eigenvalue weighted by atomic mass is 10.2. The maximum absolute atomic E-state index is 5.98. The van der Waals surface area contributed by atoms with E-state index in [0.29, 0.717) is 30.6 Å². The zero-order valence-corrected chi connectivity index (χ0v) is 21.6. The second-order valence-electron chi connectivity index (χ2n) is 8.21. The fraction of sp³-hybridized carbons (Fsp3) is 0.348. The van der Waals surface area contributed by atoms with E-state index in [2.05, 4.69) is 41.6 Å². The molecule has 1 aliphatic rings. The highest BCUT2D eigenvalue weighted by molar-refractivity contribution is 9.10. The van der Waals surface area contributed by atoms with Crippen LogP contribution in [0, 0.1) is 13.8 Å². The Morgan fingerprint density at radius 3 is 2.74 bits per heavy atom. The van der Waals surface area contributed by atoms with Crippen LogP contribution in [0.5, 0.6) is 5.75 Å². The van der Waals surface area contributed by atoms with E-state index in [1.807, 2.05) is 62.9 Å². The molecule has 0 fully saturated rings. The third-order valence-electron chi connectivity index (χ3n) is 5.35. The average Bonchev–Trinajstić information content (AvgIpc) is 3.44. The zero-order chi connectivity index (χ0) is 23.7. The predicted octanol–water partition coefficient (Wildman–Crippen LogP) is 4.53. The molecule has 11 heteroatoms. The van der Waals surface area contributed by atoms with Gasteiger partial charge in [-0.2, -0.15) is 21.7 Å². The van der Waals surface area contributed by atoms with Gasteiger partial charge in [0.15, 0.2) is 5.82 Å². The van der Waals surface area contributed by atoms with Gasteiger partial charge in [-0.05, 0) is 51.1 Å². The number of benzene rings is 1. The quantitative estimate of drug-likeness (QED) is 0.333. The van der Waals surface area contributed by atoms with Crippen molar-refractivity contribution in [1.29, 1.82) is 0 Å². The van der Waals surface area contributed by atoms with E-state index in [4.69, 9.17) is 14.7 Å². The number of halogens is 1. The molecular weight excluding hydrogens is 516 g/mol. The van der Waals surface area contributed by atoms with Crippen molar-refractivity contribution in [2.24, 2.45) is 0 Å². The molecule has 1 aromatic carbocycles. The number of aryl methyl sites for hydroxylation is 2. The lowest BCUT2D eigenvalue weighted by molar-refractivity contribution is 0.234. The Morgan fingerprint density at radius 2 is 1.91 bits per heavy atom. The third kappa shape index (κ3) is 5.10. The summed E-state index contributed by atoms with van der Waals surface area (Å²) in [6.07, 6.45) is -0.0508. The third-order valence-corrected chi connectivity index (χ3v) is 6.85. The van der Waals surface area contributed by atoms with Gasteiger partial charge in [-0.25, -0.2) is 14.5 Å². The molecule has 0 saturated heterocycles. The minimum absolute atomic E-state index is 0.0508. The van der Waals surface area contributed by atoms with Crippen LogP contribution in [-0.4, -0.2) is 42.2 Å². The molecule has 0 bridgehead atoms. The van der Waals surface area contributed by atoms with Crippen LogP contribution >= 0.6 is 27.7 Å². The van der Waals surface area contributed by atoms with Crippen molar-refractivity contribution in [1.82, 2.24) is 29.5 Å². The molecule has 0 radical (unpaired) electrons. The van der Waals surface area contributed by atoms with Gasteiger partial charge in [0.1, 0.15) is 17.7 Å². The van der Waals surface area contributed by atoms with E-state index in [0.717, 1.165) is 50.2 Å². The van der Waals surface area contributed by atoms with E-state index in [9.17, 15) is 0 Å². The van der Waals surface area contributed by atoms with Gasteiger partial charge in [0.25, 0.3) is 5.78 Å². The molecule has 1 atom stereocenters. The lowest BCUT2D eigenvalue weighted by Crippen LogP contribution is -2.24. The summed E-state index contributed by atoms with van der Waals surface area (Å²) in [4.78, 5) is 18.5. The Morgan fingerprint density at radius 1 is 1.09 bits per heavy atom. The highest BCUT2D eigenvalue weighted by Gasteiger charge is 2.20. The van der Waals surface area contributed by atoms with Gasteiger partial charge < -0.3 is 15.4 Å². The topological polar surface area (TPSA) is 102 Å². The Hall–Kier alpha value is -2.92. The molecule has 9 nitrogen and oxygen atoms in total. The van der Waals surface area contributed by atoms with E-state index in [1.54, 1.807) is 4.52 Å². The number of thioether (sulfide) groups is 1. The summed E-state index contributed by atoms with van der Waals surface area (Å²) in [7, 11) is 0. The van der Waals surface area contributed by atoms with Crippen LogP contribution in [0.3, 0.4) is 0 Å². The SMILES string of the molecule is Cc1cc(C)n2nc(CNc3nc(NCC(C)Oc4ccc(Br)cc4)nc4c3CSC4)nc2n1. The fourth-order valence-corrected chi connectivity index (χ4v) is 5.05. The number of nitrogens with zero attached hydrogens (tertiary/aromatic N) is 6. The van der Waals surface area contributed by atoms with Gasteiger partial charge >= 0.3 is 0 Å². The molecule has 5 rings (SSSR count). The minimum Gasteiger partial charge on any atom is -0.489 e. The van der Waals surface area contributed by atoms with Gasteiger partial charge in [0, 0.05) is 32.9 Å². The van der Waals surface area contributed by atoms with Crippen LogP contribution in [0.4, 0.5) is 11.8 Å². The normalized spacial score (nSPS) is 13.6. The lowest BCUT2D eigenvalue weighted by Gasteiger charge is -2.17. The summed E-state index contributed by atoms with van der Waals surface area (Å²) in [5.41, 5.74) is 4.13. The molecule has 3 aromatic heterocycles. The molecular formula is C23H25BrN8OS. The summed E-state index contributed by atoms with van der Waals surface area (Å²) >= 11 is 5.28. The molecule has 176 valence electrons. The Balaban J connectivity index is 1.27. The number of fused-ring (bicyclic) bond motifs is 2. The van der Waals surface area contributed by atoms with Crippen molar-refractivity contribution in [2.45, 2.75) is 44.9 Å². The monoisotopic (exact) mass is 540 g/mol. The number of aromatic nitrogens is 6. The van der Waals surface area contributed by atoms with Crippen molar-refractivity contribution in [2.75, 3.05) is 17.2 Å². The molecule has 2 N–H and O–H groups in total. The largest absolute Gasteiger partial charge is 0.489 e. The van der Waals surface area contributed by atoms with Gasteiger partial charge in [0.05, 0.1) is 18.8 Å². The van der Waals surface area contributed by atoms with Gasteiger partial charge in [-0.3, -0.25) is 0 Å². The Kier molecular flexibility index (Phi) is 6.55. The average molecular weight is 541 g/mol. The molecule has 0 spiro atoms. The Bertz CT molecular complexity index is 1330. The standard InChI is InChI=1S/C23H25BrN8OS/c1-13-8-14(2)32-23(27-13)29-20(31-32)10-25-21-18-11-34-12-19(18)28-22(30-21)26-9-15(3)33-17-6-4-16(24)5-7-17/h4-8,15H,9-12H2,1-3H3,(H2,25,26,28,30). The van der Waals surface area contributed by atoms with E-state index < -0.39 is 0 Å². The number of hydrogen-bond acceptors (Lipinski definition) is 9. The van der Waals surface area contributed by atoms with Gasteiger partial charge in [0.2, 0.25) is 5.95 Å². The first kappa shape index (κ1) is 22.9. The van der Waals surface area contributed by atoms with Crippen LogP contribution in [0.25, 0.3) is 5.78 Å². The first-order chi connectivity index (χ1) is 16.4. The predicted molar refractivity (Wildman–Crippen MR) is 137 cm³/mol. The molecule has 4 aromatic rings. The van der Waals surface area contributed by atoms with Crippen molar-refractivity contribution < 1.29 is 4.74 Å². The van der Waals surface area contributed by atoms with Crippen molar-refractivity contribution in [3.8, 4) is 5.75 Å². The van der Waals surface area contributed by atoms with E-state index in [1.165, 1.54) is 0 Å². The van der Waals surface area contributed by atoms with Crippen LogP contribution in [-0.2, 0) is 18.1 Å². The van der Waals surface area contributed by atoms with Crippen LogP contribution in [0.1, 0.15) is 35.4 Å². The number of hydrogen-bond donors (Lipinski definition) is 2. The molecule has 0 amide bonds. The number of ether oxygens (including phenoxy) is 1. The van der Waals surface area contributed by atoms with Crippen LogP contribution in [0.15, 0.2) is 34.8 Å². The highest BCUT2D eigenvalue weighted by atomic mass is 79.9. The highest BCUT2D eigenvalue weighted by Crippen LogP contribution is 2.33. The van der Waals surface area contributed by atoms with Gasteiger partial charge in [-0.1, -0.05) is 15.9 Å². The first-order valence-electron chi connectivity index (χ1n) is 11.0. The minimum atomic E-state index is -0.0508. The summed E-state index contributed by atoms with van der Waals surface area (Å²) in [5, 5.41) is 11.3. The second-order valence-corrected chi connectivity index (χ2v) is 10.1. The molecule has 0 saturated carbocycles. The van der Waals surface area contributed by atoms with Crippen LogP contribution < -0.4 is 15.4 Å². The summed E-state index contributed by atoms with van der Waals surface area (Å²) in [6, 6.07) is 9.80. The van der Waals surface area contributed by atoms with E-state index >= 15 is 0 Å². The molecule has 1 aliphatic heterocycles. The number of nitrogens with one attached hydrogen (secondary N) is 2. The number of anilines is 2. The molecule has 1 unspecified atom stereocenters. The molecule has 4 heterocycles. The smallest absolute Gasteiger partial charge is 0.252 e. The van der Waals surface area contributed by atoms with Crippen molar-refractivity contribution in [3.05, 3.63) is 63.3 Å². The summed E-state index contributed by atoms with van der Waals surface area (Å²) in [5.74, 6) is 5.28. The number of rotatable bonds is 8. The maximum atomic E-state index is 5.98. The Labute approximate surface area is 210 Å². The second kappa shape index (κ2) is 9.75. The molecule has 0 aliphatic carbocycles. The van der Waals surface area contributed by atoms with Crippen molar-refractivity contribution in [3.63, 3.8) is 0 Å². The first-order valence-corrected chi connectivity index (χ1v) is 13.0. The zero-order valence-electron chi connectivity index (χ0n) is 19.2. The summed E-state index contributed by atoms with van der Waals surface area (Å²) < 4.78 is 8.77.